The van der Waals surface area contributed by atoms with Crippen LogP contribution in [0.3, 0.4) is 0 Å². The molecule has 17 heavy (non-hydrogen) atoms. The van der Waals surface area contributed by atoms with E-state index in [0.717, 1.165) is 38.0 Å². The zero-order valence-electron chi connectivity index (χ0n) is 9.66. The number of carbonyl (C=O) groups is 1. The van der Waals surface area contributed by atoms with Gasteiger partial charge in [0.25, 0.3) is 0 Å². The summed E-state index contributed by atoms with van der Waals surface area (Å²) in [7, 11) is 0. The van der Waals surface area contributed by atoms with Gasteiger partial charge in [-0.1, -0.05) is 19.3 Å². The lowest BCUT2D eigenvalue weighted by molar-refractivity contribution is -0.110. The van der Waals surface area contributed by atoms with Crippen LogP contribution >= 0.6 is 0 Å². The molecule has 2 rings (SSSR count). The Hall–Kier alpha value is -1.25. The maximum Gasteiger partial charge on any atom is 0.127 e. The van der Waals surface area contributed by atoms with E-state index in [4.69, 9.17) is 0 Å². The summed E-state index contributed by atoms with van der Waals surface area (Å²) in [5.74, 6) is -1.34. The normalized spacial score (nSPS) is 18.9. The van der Waals surface area contributed by atoms with Crippen LogP contribution < -0.4 is 0 Å². The third-order valence-corrected chi connectivity index (χ3v) is 3.57. The number of hydrogen-bond donors (Lipinski definition) is 0. The monoisotopic (exact) mass is 238 g/mol. The van der Waals surface area contributed by atoms with E-state index in [1.807, 2.05) is 0 Å². The lowest BCUT2D eigenvalue weighted by Gasteiger charge is -2.26. The first kappa shape index (κ1) is 12.2. The lowest BCUT2D eigenvalue weighted by Crippen LogP contribution is -2.17. The fourth-order valence-electron chi connectivity index (χ4n) is 2.72. The molecule has 0 bridgehead atoms. The molecule has 1 aliphatic rings. The van der Waals surface area contributed by atoms with E-state index in [9.17, 15) is 13.6 Å². The van der Waals surface area contributed by atoms with Gasteiger partial charge in [0.15, 0.2) is 0 Å². The average molecular weight is 238 g/mol. The van der Waals surface area contributed by atoms with Crippen molar-refractivity contribution in [3.63, 3.8) is 0 Å². The number of carbonyl (C=O) groups excluding carboxylic acids is 1. The van der Waals surface area contributed by atoms with Crippen LogP contribution in [-0.4, -0.2) is 6.29 Å². The van der Waals surface area contributed by atoms with Crippen LogP contribution in [0.25, 0.3) is 0 Å². The highest BCUT2D eigenvalue weighted by molar-refractivity contribution is 5.62. The molecule has 0 radical (unpaired) electrons. The number of benzene rings is 1. The molecule has 0 aromatic heterocycles. The van der Waals surface area contributed by atoms with Crippen LogP contribution in [0.1, 0.15) is 43.6 Å². The Labute approximate surface area is 99.8 Å². The topological polar surface area (TPSA) is 17.1 Å². The van der Waals surface area contributed by atoms with Gasteiger partial charge < -0.3 is 4.79 Å². The van der Waals surface area contributed by atoms with Gasteiger partial charge in [0.2, 0.25) is 0 Å². The van der Waals surface area contributed by atoms with E-state index in [1.54, 1.807) is 0 Å². The maximum atomic E-state index is 13.1. The van der Waals surface area contributed by atoms with Crippen LogP contribution in [-0.2, 0) is 4.79 Å². The van der Waals surface area contributed by atoms with Gasteiger partial charge in [0.05, 0.1) is 0 Å². The minimum absolute atomic E-state index is 0.238. The van der Waals surface area contributed by atoms with Gasteiger partial charge in [-0.2, -0.15) is 0 Å². The van der Waals surface area contributed by atoms with E-state index in [0.29, 0.717) is 5.56 Å². The molecule has 1 nitrogen and oxygen atoms in total. The van der Waals surface area contributed by atoms with Gasteiger partial charge in [-0.15, -0.1) is 0 Å². The van der Waals surface area contributed by atoms with Gasteiger partial charge >= 0.3 is 0 Å². The van der Waals surface area contributed by atoms with E-state index in [1.165, 1.54) is 18.6 Å². The van der Waals surface area contributed by atoms with E-state index >= 15 is 0 Å². The first-order valence-corrected chi connectivity index (χ1v) is 6.12. The minimum atomic E-state index is -0.609. The molecule has 1 fully saturated rings. The fourth-order valence-corrected chi connectivity index (χ4v) is 2.72. The van der Waals surface area contributed by atoms with E-state index < -0.39 is 11.6 Å². The molecule has 1 aliphatic carbocycles. The smallest absolute Gasteiger partial charge is 0.127 e. The zero-order chi connectivity index (χ0) is 12.3. The average Bonchev–Trinajstić information content (AvgIpc) is 2.30. The quantitative estimate of drug-likeness (QED) is 0.731. The third kappa shape index (κ3) is 2.90. The Balaban J connectivity index is 2.24. The molecule has 0 spiro atoms. The van der Waals surface area contributed by atoms with Crippen molar-refractivity contribution in [3.8, 4) is 0 Å². The van der Waals surface area contributed by atoms with Crippen molar-refractivity contribution >= 4 is 6.29 Å². The molecule has 0 aliphatic heterocycles. The van der Waals surface area contributed by atoms with Gasteiger partial charge in [0, 0.05) is 12.0 Å². The van der Waals surface area contributed by atoms with Gasteiger partial charge in [-0.05, 0) is 36.5 Å². The molecule has 0 N–H and O–H groups in total. The minimum Gasteiger partial charge on any atom is -0.303 e. The number of aldehydes is 1. The third-order valence-electron chi connectivity index (χ3n) is 3.57. The molecule has 0 unspecified atom stereocenters. The van der Waals surface area contributed by atoms with E-state index in [-0.39, 0.29) is 11.8 Å². The number of hydrogen-bond acceptors (Lipinski definition) is 1. The van der Waals surface area contributed by atoms with Crippen molar-refractivity contribution in [1.29, 1.82) is 0 Å². The summed E-state index contributed by atoms with van der Waals surface area (Å²) in [5.41, 5.74) is 0.476. The van der Waals surface area contributed by atoms with E-state index in [2.05, 4.69) is 0 Å². The SMILES string of the molecule is O=C[C@H](c1cc(F)cc(F)c1)C1CCCCC1. The zero-order valence-corrected chi connectivity index (χ0v) is 9.66. The van der Waals surface area contributed by atoms with Crippen LogP contribution in [0.4, 0.5) is 8.78 Å². The maximum absolute atomic E-state index is 13.1. The van der Waals surface area contributed by atoms with Crippen molar-refractivity contribution < 1.29 is 13.6 Å². The summed E-state index contributed by atoms with van der Waals surface area (Å²) in [6.07, 6.45) is 6.19. The van der Waals surface area contributed by atoms with Gasteiger partial charge in [-0.3, -0.25) is 0 Å². The van der Waals surface area contributed by atoms with Gasteiger partial charge in [0.1, 0.15) is 17.9 Å². The molecule has 1 aromatic carbocycles. The Morgan fingerprint density at radius 2 is 1.65 bits per heavy atom. The summed E-state index contributed by atoms with van der Waals surface area (Å²) in [6.45, 7) is 0. The molecule has 3 heteroatoms. The molecule has 1 aromatic rings. The molecule has 1 atom stereocenters. The Kier molecular flexibility index (Phi) is 3.87. The standard InChI is InChI=1S/C14H16F2O/c15-12-6-11(7-13(16)8-12)14(9-17)10-4-2-1-3-5-10/h6-10,14H,1-5H2/t14-/m0/s1. The molecule has 0 saturated heterocycles. The Morgan fingerprint density at radius 1 is 1.06 bits per heavy atom. The molecule has 0 heterocycles. The second kappa shape index (κ2) is 5.39. The highest BCUT2D eigenvalue weighted by atomic mass is 19.1. The van der Waals surface area contributed by atoms with Crippen molar-refractivity contribution in [2.45, 2.75) is 38.0 Å². The summed E-state index contributed by atoms with van der Waals surface area (Å²) in [6, 6.07) is 3.39. The first-order valence-electron chi connectivity index (χ1n) is 6.12. The number of rotatable bonds is 3. The highest BCUT2D eigenvalue weighted by Crippen LogP contribution is 2.35. The Bertz CT molecular complexity index is 377. The molecular weight excluding hydrogens is 222 g/mol. The second-order valence-corrected chi connectivity index (χ2v) is 4.76. The molecule has 92 valence electrons. The van der Waals surface area contributed by atoms with Crippen molar-refractivity contribution in [1.82, 2.24) is 0 Å². The molecule has 0 amide bonds. The highest BCUT2D eigenvalue weighted by Gasteiger charge is 2.25. The summed E-state index contributed by atoms with van der Waals surface area (Å²) in [5, 5.41) is 0. The number of halogens is 2. The second-order valence-electron chi connectivity index (χ2n) is 4.76. The first-order chi connectivity index (χ1) is 8.20. The van der Waals surface area contributed by atoms with Crippen LogP contribution in [0.5, 0.6) is 0 Å². The van der Waals surface area contributed by atoms with Crippen molar-refractivity contribution in [3.05, 3.63) is 35.4 Å². The largest absolute Gasteiger partial charge is 0.303 e. The van der Waals surface area contributed by atoms with Crippen LogP contribution in [0.2, 0.25) is 0 Å². The predicted octanol–water partition coefficient (Wildman–Crippen LogP) is 3.83. The fraction of sp³-hybridized carbons (Fsp3) is 0.500. The van der Waals surface area contributed by atoms with Crippen molar-refractivity contribution in [2.24, 2.45) is 5.92 Å². The van der Waals surface area contributed by atoms with Crippen LogP contribution in [0.15, 0.2) is 18.2 Å². The summed E-state index contributed by atoms with van der Waals surface area (Å²) < 4.78 is 26.3. The molecular formula is C14H16F2O. The lowest BCUT2D eigenvalue weighted by atomic mass is 9.77. The Morgan fingerprint density at radius 3 is 2.18 bits per heavy atom. The molecule has 1 saturated carbocycles. The van der Waals surface area contributed by atoms with Crippen LogP contribution in [0, 0.1) is 17.6 Å². The summed E-state index contributed by atoms with van der Waals surface area (Å²) >= 11 is 0. The predicted molar refractivity (Wildman–Crippen MR) is 61.7 cm³/mol. The van der Waals surface area contributed by atoms with Gasteiger partial charge in [-0.25, -0.2) is 8.78 Å². The van der Waals surface area contributed by atoms with Crippen molar-refractivity contribution in [2.75, 3.05) is 0 Å². The summed E-state index contributed by atoms with van der Waals surface area (Å²) in [4.78, 5) is 11.2.